The lowest BCUT2D eigenvalue weighted by atomic mass is 9.70. The van der Waals surface area contributed by atoms with E-state index in [-0.39, 0.29) is 5.69 Å². The van der Waals surface area contributed by atoms with Crippen molar-refractivity contribution in [2.75, 3.05) is 6.54 Å². The first-order valence-corrected chi connectivity index (χ1v) is 5.99. The van der Waals surface area contributed by atoms with Crippen molar-refractivity contribution in [2.45, 2.75) is 32.7 Å². The molecule has 0 bridgehead atoms. The number of carboxylic acids is 1. The van der Waals surface area contributed by atoms with E-state index in [1.807, 2.05) is 6.07 Å². The fraction of sp³-hybridized carbons (Fsp3) is 0.538. The van der Waals surface area contributed by atoms with Gasteiger partial charge in [0.1, 0.15) is 5.69 Å². The number of hydrogen-bond donors (Lipinski definition) is 2. The zero-order valence-corrected chi connectivity index (χ0v) is 10.1. The fourth-order valence-corrected chi connectivity index (χ4v) is 2.15. The van der Waals surface area contributed by atoms with Crippen LogP contribution in [-0.4, -0.2) is 22.6 Å². The summed E-state index contributed by atoms with van der Waals surface area (Å²) in [5, 5.41) is 12.2. The molecule has 17 heavy (non-hydrogen) atoms. The molecule has 2 rings (SSSR count). The highest BCUT2D eigenvalue weighted by molar-refractivity contribution is 5.85. The molecule has 0 aliphatic heterocycles. The molecule has 1 aromatic heterocycles. The van der Waals surface area contributed by atoms with Crippen molar-refractivity contribution in [2.24, 2.45) is 5.41 Å². The van der Waals surface area contributed by atoms with Crippen molar-refractivity contribution >= 4 is 5.97 Å². The minimum Gasteiger partial charge on any atom is -0.477 e. The number of nitrogens with zero attached hydrogens (tertiary/aromatic N) is 1. The molecule has 1 aliphatic carbocycles. The molecular weight excluding hydrogens is 216 g/mol. The van der Waals surface area contributed by atoms with Crippen LogP contribution < -0.4 is 5.32 Å². The van der Waals surface area contributed by atoms with Crippen molar-refractivity contribution in [1.82, 2.24) is 10.3 Å². The van der Waals surface area contributed by atoms with Gasteiger partial charge in [-0.2, -0.15) is 0 Å². The summed E-state index contributed by atoms with van der Waals surface area (Å²) in [5.74, 6) is -0.974. The highest BCUT2D eigenvalue weighted by atomic mass is 16.4. The summed E-state index contributed by atoms with van der Waals surface area (Å²) in [4.78, 5) is 14.8. The van der Waals surface area contributed by atoms with Crippen LogP contribution in [0, 0.1) is 5.41 Å². The Morgan fingerprint density at radius 1 is 1.53 bits per heavy atom. The Kier molecular flexibility index (Phi) is 3.43. The van der Waals surface area contributed by atoms with E-state index in [4.69, 9.17) is 5.11 Å². The second kappa shape index (κ2) is 4.84. The number of hydrogen-bond acceptors (Lipinski definition) is 3. The van der Waals surface area contributed by atoms with Crippen LogP contribution in [0.15, 0.2) is 18.2 Å². The van der Waals surface area contributed by atoms with Gasteiger partial charge in [-0.3, -0.25) is 0 Å². The van der Waals surface area contributed by atoms with Crippen molar-refractivity contribution in [1.29, 1.82) is 0 Å². The van der Waals surface area contributed by atoms with E-state index in [0.29, 0.717) is 12.0 Å². The number of carboxylic acid groups (broad SMARTS) is 1. The predicted molar refractivity (Wildman–Crippen MR) is 64.9 cm³/mol. The first-order chi connectivity index (χ1) is 8.09. The first-order valence-electron chi connectivity index (χ1n) is 5.99. The van der Waals surface area contributed by atoms with Crippen LogP contribution in [-0.2, 0) is 6.54 Å². The average molecular weight is 234 g/mol. The average Bonchev–Trinajstić information content (AvgIpc) is 2.27. The zero-order chi connectivity index (χ0) is 12.3. The van der Waals surface area contributed by atoms with E-state index in [0.717, 1.165) is 12.2 Å². The van der Waals surface area contributed by atoms with E-state index in [1.165, 1.54) is 25.3 Å². The van der Waals surface area contributed by atoms with Gasteiger partial charge in [-0.15, -0.1) is 0 Å². The highest BCUT2D eigenvalue weighted by Gasteiger charge is 2.30. The van der Waals surface area contributed by atoms with Crippen molar-refractivity contribution in [3.05, 3.63) is 29.6 Å². The van der Waals surface area contributed by atoms with Crippen molar-refractivity contribution in [3.8, 4) is 0 Å². The molecule has 1 fully saturated rings. The summed E-state index contributed by atoms with van der Waals surface area (Å²) in [7, 11) is 0. The smallest absolute Gasteiger partial charge is 0.354 e. The minimum absolute atomic E-state index is 0.110. The number of carbonyl (C=O) groups is 1. The van der Waals surface area contributed by atoms with Crippen molar-refractivity contribution in [3.63, 3.8) is 0 Å². The molecule has 0 unspecified atom stereocenters. The third kappa shape index (κ3) is 3.03. The molecule has 1 aliphatic rings. The highest BCUT2D eigenvalue weighted by Crippen LogP contribution is 2.39. The Bertz CT molecular complexity index is 414. The molecule has 4 heteroatoms. The Labute approximate surface area is 101 Å². The van der Waals surface area contributed by atoms with Gasteiger partial charge in [0.25, 0.3) is 0 Å². The third-order valence-electron chi connectivity index (χ3n) is 3.44. The zero-order valence-electron chi connectivity index (χ0n) is 10.1. The summed E-state index contributed by atoms with van der Waals surface area (Å²) >= 11 is 0. The first kappa shape index (κ1) is 12.0. The van der Waals surface area contributed by atoms with E-state index in [1.54, 1.807) is 6.07 Å². The predicted octanol–water partition coefficient (Wildman–Crippen LogP) is 2.06. The van der Waals surface area contributed by atoms with E-state index in [2.05, 4.69) is 17.2 Å². The Hall–Kier alpha value is -1.42. The van der Waals surface area contributed by atoms with Crippen LogP contribution >= 0.6 is 0 Å². The molecule has 0 radical (unpaired) electrons. The van der Waals surface area contributed by atoms with Gasteiger partial charge in [0.05, 0.1) is 5.69 Å². The lowest BCUT2D eigenvalue weighted by Crippen LogP contribution is -2.37. The molecule has 1 aromatic rings. The topological polar surface area (TPSA) is 62.2 Å². The quantitative estimate of drug-likeness (QED) is 0.818. The molecule has 0 atom stereocenters. The largest absolute Gasteiger partial charge is 0.477 e. The van der Waals surface area contributed by atoms with E-state index < -0.39 is 5.97 Å². The summed E-state index contributed by atoms with van der Waals surface area (Å²) < 4.78 is 0. The maximum Gasteiger partial charge on any atom is 0.354 e. The summed E-state index contributed by atoms with van der Waals surface area (Å²) in [6, 6.07) is 5.10. The molecule has 1 heterocycles. The van der Waals surface area contributed by atoms with Gasteiger partial charge >= 0.3 is 5.97 Å². The number of aromatic carboxylic acids is 1. The fourth-order valence-electron chi connectivity index (χ4n) is 2.15. The van der Waals surface area contributed by atoms with Crippen LogP contribution in [0.25, 0.3) is 0 Å². The normalized spacial score (nSPS) is 17.5. The lowest BCUT2D eigenvalue weighted by molar-refractivity contribution is 0.0690. The summed E-state index contributed by atoms with van der Waals surface area (Å²) in [5.41, 5.74) is 1.33. The van der Waals surface area contributed by atoms with Gasteiger partial charge < -0.3 is 10.4 Å². The summed E-state index contributed by atoms with van der Waals surface area (Å²) in [6.07, 6.45) is 3.89. The molecule has 0 saturated heterocycles. The summed E-state index contributed by atoms with van der Waals surface area (Å²) in [6.45, 7) is 3.90. The SMILES string of the molecule is CC1(CNCc2cccc(C(=O)O)n2)CCC1. The molecular formula is C13H18N2O2. The van der Waals surface area contributed by atoms with Crippen LogP contribution in [0.4, 0.5) is 0 Å². The second-order valence-corrected chi connectivity index (χ2v) is 5.09. The number of rotatable bonds is 5. The molecule has 0 spiro atoms. The molecule has 0 aromatic carbocycles. The van der Waals surface area contributed by atoms with Gasteiger partial charge in [0.15, 0.2) is 0 Å². The third-order valence-corrected chi connectivity index (χ3v) is 3.44. The number of pyridine rings is 1. The number of nitrogens with one attached hydrogen (secondary N) is 1. The maximum absolute atomic E-state index is 10.8. The Morgan fingerprint density at radius 3 is 2.88 bits per heavy atom. The number of aromatic nitrogens is 1. The van der Waals surface area contributed by atoms with E-state index in [9.17, 15) is 4.79 Å². The van der Waals surface area contributed by atoms with Crippen LogP contribution in [0.2, 0.25) is 0 Å². The molecule has 1 saturated carbocycles. The maximum atomic E-state index is 10.8. The van der Waals surface area contributed by atoms with Crippen molar-refractivity contribution < 1.29 is 9.90 Å². The van der Waals surface area contributed by atoms with E-state index >= 15 is 0 Å². The Morgan fingerprint density at radius 2 is 2.29 bits per heavy atom. The lowest BCUT2D eigenvalue weighted by Gasteiger charge is -2.38. The molecule has 4 nitrogen and oxygen atoms in total. The van der Waals surface area contributed by atoms with Gasteiger partial charge in [-0.05, 0) is 30.4 Å². The van der Waals surface area contributed by atoms with Gasteiger partial charge in [-0.25, -0.2) is 9.78 Å². The second-order valence-electron chi connectivity index (χ2n) is 5.09. The molecule has 0 amide bonds. The standard InChI is InChI=1S/C13H18N2O2/c1-13(6-3-7-13)9-14-8-10-4-2-5-11(15-10)12(16)17/h2,4-5,14H,3,6-9H2,1H3,(H,16,17). The van der Waals surface area contributed by atoms with Crippen LogP contribution in [0.5, 0.6) is 0 Å². The van der Waals surface area contributed by atoms with Crippen LogP contribution in [0.1, 0.15) is 42.4 Å². The van der Waals surface area contributed by atoms with Gasteiger partial charge in [0.2, 0.25) is 0 Å². The minimum atomic E-state index is -0.974. The van der Waals surface area contributed by atoms with Gasteiger partial charge in [-0.1, -0.05) is 19.4 Å². The molecule has 2 N–H and O–H groups in total. The van der Waals surface area contributed by atoms with Crippen LogP contribution in [0.3, 0.4) is 0 Å². The molecule has 92 valence electrons. The van der Waals surface area contributed by atoms with Gasteiger partial charge in [0, 0.05) is 13.1 Å². The Balaban J connectivity index is 1.86. The monoisotopic (exact) mass is 234 g/mol.